The van der Waals surface area contributed by atoms with E-state index in [9.17, 15) is 19.8 Å². The Bertz CT molecular complexity index is 1340. The molecule has 240 valence electrons. The van der Waals surface area contributed by atoms with Crippen molar-refractivity contribution in [2.45, 2.75) is 107 Å². The summed E-state index contributed by atoms with van der Waals surface area (Å²) in [6, 6.07) is 0. The van der Waals surface area contributed by atoms with E-state index in [0.717, 1.165) is 22.3 Å². The van der Waals surface area contributed by atoms with Crippen molar-refractivity contribution in [1.82, 2.24) is 0 Å². The number of allylic oxidation sites excluding steroid dienone is 18. The van der Waals surface area contributed by atoms with E-state index >= 15 is 0 Å². The normalized spacial score (nSPS) is 30.3. The second-order valence-corrected chi connectivity index (χ2v) is 14.7. The van der Waals surface area contributed by atoms with Crippen molar-refractivity contribution in [2.75, 3.05) is 0 Å². The summed E-state index contributed by atoms with van der Waals surface area (Å²) in [6.45, 7) is 20.2. The van der Waals surface area contributed by atoms with E-state index in [-0.39, 0.29) is 22.4 Å². The Balaban J connectivity index is 1.88. The van der Waals surface area contributed by atoms with Crippen molar-refractivity contribution in [3.63, 3.8) is 0 Å². The van der Waals surface area contributed by atoms with E-state index in [2.05, 4.69) is 33.8 Å². The minimum atomic E-state index is -0.543. The Labute approximate surface area is 267 Å². The third kappa shape index (κ3) is 9.71. The zero-order chi connectivity index (χ0) is 33.3. The number of aliphatic hydroxyl groups is 2. The second-order valence-electron chi connectivity index (χ2n) is 14.7. The quantitative estimate of drug-likeness (QED) is 0.173. The first-order valence-electron chi connectivity index (χ1n) is 15.9. The Morgan fingerprint density at radius 1 is 0.477 bits per heavy atom. The highest BCUT2D eigenvalue weighted by Crippen LogP contribution is 2.54. The van der Waals surface area contributed by atoms with Gasteiger partial charge in [0, 0.05) is 10.8 Å². The molecule has 2 N–H and O–H groups in total. The molecule has 0 aromatic rings. The molecule has 0 spiro atoms. The van der Waals surface area contributed by atoms with Gasteiger partial charge < -0.3 is 10.2 Å². The molecule has 0 bridgehead atoms. The Morgan fingerprint density at radius 2 is 0.773 bits per heavy atom. The lowest BCUT2D eigenvalue weighted by Gasteiger charge is -2.35. The Kier molecular flexibility index (Phi) is 12.9. The first-order chi connectivity index (χ1) is 20.3. The predicted molar refractivity (Wildman–Crippen MR) is 185 cm³/mol. The van der Waals surface area contributed by atoms with Gasteiger partial charge in [0.2, 0.25) is 0 Å². The molecule has 0 aromatic carbocycles. The van der Waals surface area contributed by atoms with E-state index in [1.54, 1.807) is 12.2 Å². The zero-order valence-electron chi connectivity index (χ0n) is 28.8. The molecule has 0 radical (unpaired) electrons. The molecule has 2 fully saturated rings. The van der Waals surface area contributed by atoms with E-state index in [4.69, 9.17) is 0 Å². The first kappa shape index (κ1) is 37.1. The highest BCUT2D eigenvalue weighted by Gasteiger charge is 2.53. The van der Waals surface area contributed by atoms with Gasteiger partial charge in [0.15, 0.2) is 11.6 Å². The lowest BCUT2D eigenvalue weighted by atomic mass is 9.66. The van der Waals surface area contributed by atoms with Crippen molar-refractivity contribution >= 4 is 11.6 Å². The second kappa shape index (κ2) is 15.3. The van der Waals surface area contributed by atoms with Crippen molar-refractivity contribution in [2.24, 2.45) is 21.7 Å². The maximum atomic E-state index is 12.9. The van der Waals surface area contributed by atoms with Crippen LogP contribution in [0.15, 0.2) is 107 Å². The number of hydrogen-bond acceptors (Lipinski definition) is 4. The van der Waals surface area contributed by atoms with Crippen LogP contribution in [0.25, 0.3) is 0 Å². The van der Waals surface area contributed by atoms with Crippen LogP contribution < -0.4 is 0 Å². The summed E-state index contributed by atoms with van der Waals surface area (Å²) in [5, 5.41) is 20.2. The van der Waals surface area contributed by atoms with Crippen LogP contribution in [0.2, 0.25) is 0 Å². The van der Waals surface area contributed by atoms with Crippen molar-refractivity contribution in [1.29, 1.82) is 0 Å². The fraction of sp³-hybridized carbons (Fsp3) is 0.500. The van der Waals surface area contributed by atoms with Crippen molar-refractivity contribution in [3.05, 3.63) is 107 Å². The summed E-state index contributed by atoms with van der Waals surface area (Å²) in [6.07, 6.45) is 28.6. The smallest absolute Gasteiger partial charge is 0.162 e. The SMILES string of the molecule is CC(/C=C/C=C(C)/C=C/C=C(C)/C=C/C=C(C)/C=C/C(=O)[C@]1(C)C[C@@H](O)CC1(C)C)=C\C=C\C(=O)[C@]1(C)C[C@@H](O)CC1(C)C. The standard InChI is InChI=1S/C40H56O4/c1-29(17-12-18-31(3)21-14-22-35(43)39(9)27-33(41)25-37(39,5)6)15-11-16-30(2)19-13-20-32(4)23-24-36(44)40(10)28-34(42)26-38(40,7)8/h11-24,33-34,41-42H,25-28H2,1-10H3/b15-11+,18-12+,19-13+,22-14+,24-23+,29-17+,30-16+,31-21+,32-20+/t33-,34-,39-,40-/m0/s1. The fourth-order valence-corrected chi connectivity index (χ4v) is 6.28. The lowest BCUT2D eigenvalue weighted by Crippen LogP contribution is -2.36. The maximum absolute atomic E-state index is 12.9. The summed E-state index contributed by atoms with van der Waals surface area (Å²) in [5.74, 6) is 0.145. The van der Waals surface area contributed by atoms with Crippen molar-refractivity contribution < 1.29 is 19.8 Å². The fourth-order valence-electron chi connectivity index (χ4n) is 6.28. The first-order valence-corrected chi connectivity index (χ1v) is 15.9. The van der Waals surface area contributed by atoms with E-state index in [0.29, 0.717) is 25.7 Å². The summed E-state index contributed by atoms with van der Waals surface area (Å²) in [5.41, 5.74) is 2.71. The molecule has 0 heterocycles. The molecular weight excluding hydrogens is 544 g/mol. The molecule has 2 aliphatic rings. The average Bonchev–Trinajstić information content (AvgIpc) is 3.26. The number of ketones is 2. The highest BCUT2D eigenvalue weighted by atomic mass is 16.3. The summed E-state index contributed by atoms with van der Waals surface area (Å²) < 4.78 is 0. The Morgan fingerprint density at radius 3 is 1.09 bits per heavy atom. The van der Waals surface area contributed by atoms with Gasteiger partial charge in [0.25, 0.3) is 0 Å². The Hall–Kier alpha value is -3.08. The monoisotopic (exact) mass is 600 g/mol. The number of hydrogen-bond donors (Lipinski definition) is 2. The topological polar surface area (TPSA) is 74.6 Å². The molecule has 4 nitrogen and oxygen atoms in total. The minimum absolute atomic E-state index is 0.0704. The molecule has 0 amide bonds. The average molecular weight is 601 g/mol. The number of aliphatic hydroxyl groups excluding tert-OH is 2. The molecule has 4 heteroatoms. The van der Waals surface area contributed by atoms with Gasteiger partial charge in [-0.2, -0.15) is 0 Å². The van der Waals surface area contributed by atoms with Crippen LogP contribution in [0.1, 0.15) is 94.9 Å². The predicted octanol–water partition coefficient (Wildman–Crippen LogP) is 9.07. The summed E-state index contributed by atoms with van der Waals surface area (Å²) in [4.78, 5) is 25.8. The van der Waals surface area contributed by atoms with Gasteiger partial charge in [-0.15, -0.1) is 0 Å². The molecule has 4 atom stereocenters. The summed E-state index contributed by atoms with van der Waals surface area (Å²) >= 11 is 0. The summed E-state index contributed by atoms with van der Waals surface area (Å²) in [7, 11) is 0. The van der Waals surface area contributed by atoms with Crippen LogP contribution in [0.5, 0.6) is 0 Å². The van der Waals surface area contributed by atoms with Gasteiger partial charge in [-0.25, -0.2) is 0 Å². The maximum Gasteiger partial charge on any atom is 0.162 e. The van der Waals surface area contributed by atoms with Crippen LogP contribution in [-0.2, 0) is 9.59 Å². The van der Waals surface area contributed by atoms with E-state index < -0.39 is 23.0 Å². The van der Waals surface area contributed by atoms with Gasteiger partial charge in [-0.05, 0) is 76.4 Å². The van der Waals surface area contributed by atoms with Gasteiger partial charge >= 0.3 is 0 Å². The minimum Gasteiger partial charge on any atom is -0.393 e. The zero-order valence-corrected chi connectivity index (χ0v) is 28.8. The molecule has 2 aliphatic carbocycles. The van der Waals surface area contributed by atoms with Gasteiger partial charge in [-0.1, -0.05) is 137 Å². The number of rotatable bonds is 12. The van der Waals surface area contributed by atoms with Gasteiger partial charge in [-0.3, -0.25) is 9.59 Å². The van der Waals surface area contributed by atoms with Gasteiger partial charge in [0.1, 0.15) is 0 Å². The van der Waals surface area contributed by atoms with Crippen LogP contribution in [-0.4, -0.2) is 34.0 Å². The molecule has 0 aliphatic heterocycles. The molecule has 0 aromatic heterocycles. The molecule has 2 rings (SSSR count). The lowest BCUT2D eigenvalue weighted by molar-refractivity contribution is -0.128. The third-order valence-electron chi connectivity index (χ3n) is 10.1. The molecule has 0 unspecified atom stereocenters. The van der Waals surface area contributed by atoms with E-state index in [1.165, 1.54) is 0 Å². The van der Waals surface area contributed by atoms with Crippen molar-refractivity contribution in [3.8, 4) is 0 Å². The van der Waals surface area contributed by atoms with Crippen LogP contribution in [0.3, 0.4) is 0 Å². The van der Waals surface area contributed by atoms with E-state index in [1.807, 2.05) is 108 Å². The van der Waals surface area contributed by atoms with Gasteiger partial charge in [0.05, 0.1) is 12.2 Å². The van der Waals surface area contributed by atoms with Crippen LogP contribution in [0, 0.1) is 21.7 Å². The van der Waals surface area contributed by atoms with Crippen LogP contribution in [0.4, 0.5) is 0 Å². The largest absolute Gasteiger partial charge is 0.393 e. The third-order valence-corrected chi connectivity index (χ3v) is 10.1. The number of carbonyl (C=O) groups is 2. The molecule has 44 heavy (non-hydrogen) atoms. The number of carbonyl (C=O) groups excluding carboxylic acids is 2. The molecule has 0 saturated heterocycles. The van der Waals surface area contributed by atoms with Crippen LogP contribution >= 0.6 is 0 Å². The molecule has 2 saturated carbocycles. The highest BCUT2D eigenvalue weighted by molar-refractivity contribution is 5.96. The molecular formula is C40H56O4.